The van der Waals surface area contributed by atoms with Crippen LogP contribution in [0.2, 0.25) is 0 Å². The SMILES string of the molecule is CNC1c2ccccc2C(C)CC1N1CC2CCCC2C1. The fourth-order valence-corrected chi connectivity index (χ4v) is 5.33. The number of rotatable bonds is 2. The first-order valence-electron chi connectivity index (χ1n) is 8.78. The van der Waals surface area contributed by atoms with E-state index in [0.29, 0.717) is 18.0 Å². The molecule has 0 aromatic heterocycles. The first-order chi connectivity index (χ1) is 10.3. The van der Waals surface area contributed by atoms with Crippen LogP contribution >= 0.6 is 0 Å². The highest BCUT2D eigenvalue weighted by molar-refractivity contribution is 5.36. The van der Waals surface area contributed by atoms with Gasteiger partial charge in [-0.1, -0.05) is 37.6 Å². The highest BCUT2D eigenvalue weighted by atomic mass is 15.2. The quantitative estimate of drug-likeness (QED) is 0.893. The van der Waals surface area contributed by atoms with Crippen molar-refractivity contribution in [1.29, 1.82) is 0 Å². The number of likely N-dealkylation sites (N-methyl/N-ethyl adjacent to an activating group) is 1. The van der Waals surface area contributed by atoms with E-state index < -0.39 is 0 Å². The minimum atomic E-state index is 0.510. The molecular weight excluding hydrogens is 256 g/mol. The number of nitrogens with zero attached hydrogens (tertiary/aromatic N) is 1. The first-order valence-corrected chi connectivity index (χ1v) is 8.78. The van der Waals surface area contributed by atoms with Crippen molar-refractivity contribution < 1.29 is 0 Å². The zero-order valence-corrected chi connectivity index (χ0v) is 13.4. The standard InChI is InChI=1S/C19H28N2/c1-13-10-18(21-11-14-6-5-7-15(14)12-21)19(20-2)17-9-4-3-8-16(13)17/h3-4,8-9,13-15,18-20H,5-7,10-12H2,1-2H3. The molecule has 3 aliphatic rings. The van der Waals surface area contributed by atoms with Crippen molar-refractivity contribution in [1.82, 2.24) is 10.2 Å². The maximum atomic E-state index is 3.63. The van der Waals surface area contributed by atoms with Gasteiger partial charge in [0.05, 0.1) is 0 Å². The minimum absolute atomic E-state index is 0.510. The summed E-state index contributed by atoms with van der Waals surface area (Å²) in [6, 6.07) is 10.3. The summed E-state index contributed by atoms with van der Waals surface area (Å²) in [7, 11) is 2.14. The van der Waals surface area contributed by atoms with Gasteiger partial charge in [-0.15, -0.1) is 0 Å². The van der Waals surface area contributed by atoms with Gasteiger partial charge in [-0.3, -0.25) is 4.90 Å². The van der Waals surface area contributed by atoms with Crippen molar-refractivity contribution in [3.8, 4) is 0 Å². The summed E-state index contributed by atoms with van der Waals surface area (Å²) in [5, 5.41) is 3.63. The van der Waals surface area contributed by atoms with Gasteiger partial charge in [0.15, 0.2) is 0 Å². The highest BCUT2D eigenvalue weighted by Crippen LogP contribution is 2.44. The molecule has 5 atom stereocenters. The van der Waals surface area contributed by atoms with E-state index in [4.69, 9.17) is 0 Å². The predicted octanol–water partition coefficient (Wildman–Crippen LogP) is 3.55. The van der Waals surface area contributed by atoms with Gasteiger partial charge >= 0.3 is 0 Å². The number of likely N-dealkylation sites (tertiary alicyclic amines) is 1. The van der Waals surface area contributed by atoms with Crippen LogP contribution in [-0.4, -0.2) is 31.1 Å². The van der Waals surface area contributed by atoms with Crippen molar-refractivity contribution in [3.05, 3.63) is 35.4 Å². The summed E-state index contributed by atoms with van der Waals surface area (Å²) >= 11 is 0. The molecule has 1 aromatic rings. The molecule has 1 heterocycles. The average molecular weight is 284 g/mol. The highest BCUT2D eigenvalue weighted by Gasteiger charge is 2.43. The summed E-state index contributed by atoms with van der Waals surface area (Å²) in [5.41, 5.74) is 3.10. The zero-order valence-electron chi connectivity index (χ0n) is 13.4. The fourth-order valence-electron chi connectivity index (χ4n) is 5.33. The maximum Gasteiger partial charge on any atom is 0.0478 e. The van der Waals surface area contributed by atoms with E-state index >= 15 is 0 Å². The fraction of sp³-hybridized carbons (Fsp3) is 0.684. The van der Waals surface area contributed by atoms with Crippen LogP contribution in [0.3, 0.4) is 0 Å². The molecule has 5 unspecified atom stereocenters. The molecule has 0 bridgehead atoms. The molecule has 1 saturated heterocycles. The molecule has 2 aliphatic carbocycles. The third-order valence-corrected chi connectivity index (χ3v) is 6.38. The maximum absolute atomic E-state index is 3.63. The third kappa shape index (κ3) is 2.24. The Kier molecular flexibility index (Phi) is 3.55. The summed E-state index contributed by atoms with van der Waals surface area (Å²) in [6.07, 6.45) is 5.74. The zero-order chi connectivity index (χ0) is 14.4. The van der Waals surface area contributed by atoms with E-state index in [2.05, 4.69) is 48.5 Å². The molecule has 4 rings (SSSR count). The Morgan fingerprint density at radius 1 is 1.05 bits per heavy atom. The van der Waals surface area contributed by atoms with Gasteiger partial charge in [-0.2, -0.15) is 0 Å². The third-order valence-electron chi connectivity index (χ3n) is 6.38. The Balaban J connectivity index is 1.61. The van der Waals surface area contributed by atoms with Crippen molar-refractivity contribution in [2.24, 2.45) is 11.8 Å². The molecule has 1 aromatic carbocycles. The van der Waals surface area contributed by atoms with E-state index in [0.717, 1.165) is 11.8 Å². The lowest BCUT2D eigenvalue weighted by Crippen LogP contribution is -2.46. The summed E-state index contributed by atoms with van der Waals surface area (Å²) < 4.78 is 0. The van der Waals surface area contributed by atoms with Crippen LogP contribution in [-0.2, 0) is 0 Å². The van der Waals surface area contributed by atoms with Crippen molar-refractivity contribution in [3.63, 3.8) is 0 Å². The van der Waals surface area contributed by atoms with Gasteiger partial charge in [0.2, 0.25) is 0 Å². The molecule has 21 heavy (non-hydrogen) atoms. The second kappa shape index (κ2) is 5.40. The van der Waals surface area contributed by atoms with Gasteiger partial charge in [-0.05, 0) is 55.2 Å². The van der Waals surface area contributed by atoms with Crippen molar-refractivity contribution in [2.75, 3.05) is 20.1 Å². The van der Waals surface area contributed by atoms with Crippen molar-refractivity contribution in [2.45, 2.75) is 50.6 Å². The van der Waals surface area contributed by atoms with E-state index in [1.807, 2.05) is 0 Å². The Morgan fingerprint density at radius 2 is 1.71 bits per heavy atom. The molecule has 1 aliphatic heterocycles. The topological polar surface area (TPSA) is 15.3 Å². The Morgan fingerprint density at radius 3 is 2.38 bits per heavy atom. The second-order valence-corrected chi connectivity index (χ2v) is 7.50. The van der Waals surface area contributed by atoms with Crippen LogP contribution < -0.4 is 5.32 Å². The first kappa shape index (κ1) is 13.8. The molecule has 1 N–H and O–H groups in total. The normalized spacial score (nSPS) is 39.2. The summed E-state index contributed by atoms with van der Waals surface area (Å²) in [6.45, 7) is 5.11. The van der Waals surface area contributed by atoms with Gasteiger partial charge in [0.1, 0.15) is 0 Å². The number of hydrogen-bond acceptors (Lipinski definition) is 2. The Labute approximate surface area is 128 Å². The van der Waals surface area contributed by atoms with Crippen LogP contribution in [0.4, 0.5) is 0 Å². The van der Waals surface area contributed by atoms with Crippen LogP contribution in [0.1, 0.15) is 55.7 Å². The van der Waals surface area contributed by atoms with Gasteiger partial charge in [-0.25, -0.2) is 0 Å². The van der Waals surface area contributed by atoms with Crippen LogP contribution in [0.15, 0.2) is 24.3 Å². The Hall–Kier alpha value is -0.860. The Bertz CT molecular complexity index is 500. The van der Waals surface area contributed by atoms with Crippen LogP contribution in [0.5, 0.6) is 0 Å². The monoisotopic (exact) mass is 284 g/mol. The molecule has 1 saturated carbocycles. The molecular formula is C19H28N2. The predicted molar refractivity (Wildman–Crippen MR) is 87.5 cm³/mol. The molecule has 114 valence electrons. The van der Waals surface area contributed by atoms with Gasteiger partial charge in [0.25, 0.3) is 0 Å². The van der Waals surface area contributed by atoms with E-state index in [1.54, 1.807) is 11.1 Å². The largest absolute Gasteiger partial charge is 0.312 e. The second-order valence-electron chi connectivity index (χ2n) is 7.50. The number of hydrogen-bond donors (Lipinski definition) is 1. The van der Waals surface area contributed by atoms with E-state index in [9.17, 15) is 0 Å². The lowest BCUT2D eigenvalue weighted by atomic mass is 9.77. The van der Waals surface area contributed by atoms with Gasteiger partial charge < -0.3 is 5.32 Å². The minimum Gasteiger partial charge on any atom is -0.312 e. The average Bonchev–Trinajstić information content (AvgIpc) is 3.08. The van der Waals surface area contributed by atoms with E-state index in [1.165, 1.54) is 38.8 Å². The molecule has 2 fully saturated rings. The van der Waals surface area contributed by atoms with Crippen molar-refractivity contribution >= 4 is 0 Å². The van der Waals surface area contributed by atoms with E-state index in [-0.39, 0.29) is 0 Å². The smallest absolute Gasteiger partial charge is 0.0478 e. The molecule has 2 heteroatoms. The van der Waals surface area contributed by atoms with Crippen LogP contribution in [0.25, 0.3) is 0 Å². The number of nitrogens with one attached hydrogen (secondary N) is 1. The number of benzene rings is 1. The van der Waals surface area contributed by atoms with Gasteiger partial charge in [0, 0.05) is 25.2 Å². The number of fused-ring (bicyclic) bond motifs is 2. The lowest BCUT2D eigenvalue weighted by Gasteiger charge is -2.42. The summed E-state index contributed by atoms with van der Waals surface area (Å²) in [5.74, 6) is 2.68. The summed E-state index contributed by atoms with van der Waals surface area (Å²) in [4.78, 5) is 2.82. The molecule has 2 nitrogen and oxygen atoms in total. The molecule has 0 radical (unpaired) electrons. The van der Waals surface area contributed by atoms with Crippen LogP contribution in [0, 0.1) is 11.8 Å². The molecule has 0 amide bonds. The molecule has 0 spiro atoms. The lowest BCUT2D eigenvalue weighted by molar-refractivity contribution is 0.156.